The van der Waals surface area contributed by atoms with Crippen molar-refractivity contribution < 1.29 is 4.79 Å². The maximum Gasteiger partial charge on any atom is 0.254 e. The van der Waals surface area contributed by atoms with Gasteiger partial charge in [-0.1, -0.05) is 30.3 Å². The number of fused-ring (bicyclic) bond motifs is 1. The first-order chi connectivity index (χ1) is 16.0. The normalized spacial score (nSPS) is 17.3. The predicted molar refractivity (Wildman–Crippen MR) is 129 cm³/mol. The number of pyridine rings is 1. The number of hydrogen-bond acceptors (Lipinski definition) is 5. The van der Waals surface area contributed by atoms with Crippen molar-refractivity contribution in [1.29, 1.82) is 0 Å². The second kappa shape index (κ2) is 8.75. The molecule has 4 heterocycles. The largest absolute Gasteiger partial charge is 0.334 e. The average molecular weight is 441 g/mol. The van der Waals surface area contributed by atoms with Crippen molar-refractivity contribution in [3.8, 4) is 22.5 Å². The summed E-state index contributed by atoms with van der Waals surface area (Å²) >= 11 is 0. The van der Waals surface area contributed by atoms with Gasteiger partial charge in [-0.15, -0.1) is 0 Å². The molecular formula is C26H28N6O. The van der Waals surface area contributed by atoms with Crippen LogP contribution in [0.25, 0.3) is 28.2 Å². The molecule has 33 heavy (non-hydrogen) atoms. The summed E-state index contributed by atoms with van der Waals surface area (Å²) in [5.74, 6) is 0.0209. The quantitative estimate of drug-likeness (QED) is 0.516. The standard InChI is InChI=1S/C26H28N6O/c1-17-15-28-23(14-20(17)26(33)31-12-7-6-10-24(31)18(2)27)21-16-29-32-13-11-22(30-25(21)32)19-8-4-3-5-9-19/h3-5,8-9,11,13-16,18,24H,6-7,10,12,27H2,1-2H3. The monoisotopic (exact) mass is 440 g/mol. The molecule has 7 nitrogen and oxygen atoms in total. The SMILES string of the molecule is Cc1cnc(-c2cnn3ccc(-c4ccccc4)nc23)cc1C(=O)N1CCCCC1C(C)N. The number of likely N-dealkylation sites (tertiary alicyclic amines) is 1. The first kappa shape index (κ1) is 21.3. The van der Waals surface area contributed by atoms with Crippen molar-refractivity contribution in [3.63, 3.8) is 0 Å². The van der Waals surface area contributed by atoms with Crippen LogP contribution in [0.1, 0.15) is 42.1 Å². The van der Waals surface area contributed by atoms with Crippen molar-refractivity contribution >= 4 is 11.6 Å². The van der Waals surface area contributed by atoms with Gasteiger partial charge in [-0.25, -0.2) is 9.50 Å². The number of nitrogens with zero attached hydrogens (tertiary/aromatic N) is 5. The van der Waals surface area contributed by atoms with Crippen LogP contribution < -0.4 is 5.73 Å². The third kappa shape index (κ3) is 4.00. The fourth-order valence-electron chi connectivity index (χ4n) is 4.63. The van der Waals surface area contributed by atoms with Crippen LogP contribution in [0.5, 0.6) is 0 Å². The molecule has 1 aliphatic rings. The van der Waals surface area contributed by atoms with Gasteiger partial charge >= 0.3 is 0 Å². The molecule has 4 aromatic rings. The molecule has 2 N–H and O–H groups in total. The van der Waals surface area contributed by atoms with Gasteiger partial charge in [-0.3, -0.25) is 9.78 Å². The van der Waals surface area contributed by atoms with E-state index in [1.165, 1.54) is 0 Å². The van der Waals surface area contributed by atoms with Crippen LogP contribution >= 0.6 is 0 Å². The van der Waals surface area contributed by atoms with Crippen molar-refractivity contribution in [2.24, 2.45) is 5.73 Å². The van der Waals surface area contributed by atoms with E-state index >= 15 is 0 Å². The van der Waals surface area contributed by atoms with E-state index in [0.717, 1.165) is 48.2 Å². The third-order valence-electron chi connectivity index (χ3n) is 6.47. The van der Waals surface area contributed by atoms with Crippen LogP contribution in [0.2, 0.25) is 0 Å². The Balaban J connectivity index is 1.54. The minimum atomic E-state index is -0.0592. The Hall–Kier alpha value is -3.58. The Kier molecular flexibility index (Phi) is 5.64. The number of piperidine rings is 1. The second-order valence-electron chi connectivity index (χ2n) is 8.81. The smallest absolute Gasteiger partial charge is 0.254 e. The van der Waals surface area contributed by atoms with E-state index in [9.17, 15) is 4.79 Å². The molecule has 0 saturated carbocycles. The molecule has 0 bridgehead atoms. The summed E-state index contributed by atoms with van der Waals surface area (Å²) in [5.41, 5.74) is 11.8. The van der Waals surface area contributed by atoms with Crippen molar-refractivity contribution in [2.75, 3.05) is 6.54 Å². The lowest BCUT2D eigenvalue weighted by molar-refractivity contribution is 0.0583. The number of aryl methyl sites for hydroxylation is 1. The van der Waals surface area contributed by atoms with Crippen LogP contribution in [0.4, 0.5) is 0 Å². The number of amides is 1. The molecule has 0 aliphatic carbocycles. The molecule has 1 fully saturated rings. The highest BCUT2D eigenvalue weighted by atomic mass is 16.2. The van der Waals surface area contributed by atoms with Crippen molar-refractivity contribution in [1.82, 2.24) is 24.5 Å². The fourth-order valence-corrected chi connectivity index (χ4v) is 4.63. The molecule has 1 aliphatic heterocycles. The van der Waals surface area contributed by atoms with Gasteiger partial charge in [-0.2, -0.15) is 5.10 Å². The Morgan fingerprint density at radius 3 is 2.73 bits per heavy atom. The van der Waals surface area contributed by atoms with E-state index in [2.05, 4.69) is 10.1 Å². The van der Waals surface area contributed by atoms with Crippen LogP contribution in [-0.4, -0.2) is 49.0 Å². The van der Waals surface area contributed by atoms with Crippen molar-refractivity contribution in [2.45, 2.75) is 45.2 Å². The number of aromatic nitrogens is 4. The summed E-state index contributed by atoms with van der Waals surface area (Å²) in [5, 5.41) is 4.45. The van der Waals surface area contributed by atoms with Crippen molar-refractivity contribution in [3.05, 3.63) is 72.2 Å². The summed E-state index contributed by atoms with van der Waals surface area (Å²) in [7, 11) is 0. The summed E-state index contributed by atoms with van der Waals surface area (Å²) in [6.07, 6.45) is 8.48. The van der Waals surface area contributed by atoms with Crippen LogP contribution in [0.15, 0.2) is 61.1 Å². The summed E-state index contributed by atoms with van der Waals surface area (Å²) in [6.45, 7) is 4.65. The number of carbonyl (C=O) groups is 1. The van der Waals surface area contributed by atoms with Gasteiger partial charge in [0, 0.05) is 42.1 Å². The van der Waals surface area contributed by atoms with E-state index < -0.39 is 0 Å². The molecule has 168 valence electrons. The zero-order valence-corrected chi connectivity index (χ0v) is 19.0. The van der Waals surface area contributed by atoms with Crippen LogP contribution in [0.3, 0.4) is 0 Å². The molecule has 0 radical (unpaired) electrons. The first-order valence-corrected chi connectivity index (χ1v) is 11.5. The minimum Gasteiger partial charge on any atom is -0.334 e. The molecular weight excluding hydrogens is 412 g/mol. The highest BCUT2D eigenvalue weighted by Crippen LogP contribution is 2.28. The first-order valence-electron chi connectivity index (χ1n) is 11.5. The summed E-state index contributed by atoms with van der Waals surface area (Å²) in [4.78, 5) is 25.0. The van der Waals surface area contributed by atoms with Crippen LogP contribution in [0, 0.1) is 6.92 Å². The fraction of sp³-hybridized carbons (Fsp3) is 0.308. The van der Waals surface area contributed by atoms with E-state index in [1.54, 1.807) is 16.9 Å². The van der Waals surface area contributed by atoms with E-state index in [0.29, 0.717) is 16.9 Å². The Labute approximate surface area is 193 Å². The summed E-state index contributed by atoms with van der Waals surface area (Å²) in [6, 6.07) is 13.9. The second-order valence-corrected chi connectivity index (χ2v) is 8.81. The number of nitrogens with two attached hydrogens (primary N) is 1. The van der Waals surface area contributed by atoms with Gasteiger partial charge in [0.2, 0.25) is 0 Å². The van der Waals surface area contributed by atoms with Gasteiger partial charge in [0.05, 0.1) is 23.1 Å². The number of benzene rings is 1. The molecule has 0 spiro atoms. The van der Waals surface area contributed by atoms with Gasteiger partial charge in [-0.05, 0) is 50.8 Å². The van der Waals surface area contributed by atoms with E-state index in [4.69, 9.17) is 10.7 Å². The predicted octanol–water partition coefficient (Wildman–Crippen LogP) is 4.11. The van der Waals surface area contributed by atoms with E-state index in [-0.39, 0.29) is 18.0 Å². The van der Waals surface area contributed by atoms with Gasteiger partial charge in [0.25, 0.3) is 5.91 Å². The zero-order valence-electron chi connectivity index (χ0n) is 19.0. The number of carbonyl (C=O) groups excluding carboxylic acids is 1. The molecule has 3 aromatic heterocycles. The lowest BCUT2D eigenvalue weighted by atomic mass is 9.95. The molecule has 5 rings (SSSR count). The highest BCUT2D eigenvalue weighted by molar-refractivity contribution is 5.97. The zero-order chi connectivity index (χ0) is 22.9. The average Bonchev–Trinajstić information content (AvgIpc) is 3.28. The molecule has 1 aromatic carbocycles. The molecule has 1 saturated heterocycles. The lowest BCUT2D eigenvalue weighted by Gasteiger charge is -2.38. The molecule has 2 atom stereocenters. The molecule has 2 unspecified atom stereocenters. The summed E-state index contributed by atoms with van der Waals surface area (Å²) < 4.78 is 1.74. The van der Waals surface area contributed by atoms with Gasteiger partial charge < -0.3 is 10.6 Å². The Bertz CT molecular complexity index is 1300. The molecule has 1 amide bonds. The van der Waals surface area contributed by atoms with Crippen LogP contribution in [-0.2, 0) is 0 Å². The van der Waals surface area contributed by atoms with Gasteiger partial charge in [0.15, 0.2) is 5.65 Å². The maximum absolute atomic E-state index is 13.6. The topological polar surface area (TPSA) is 89.4 Å². The minimum absolute atomic E-state index is 0.0209. The number of hydrogen-bond donors (Lipinski definition) is 1. The highest BCUT2D eigenvalue weighted by Gasteiger charge is 2.31. The maximum atomic E-state index is 13.6. The molecule has 7 heteroatoms. The number of rotatable bonds is 4. The lowest BCUT2D eigenvalue weighted by Crippen LogP contribution is -2.51. The Morgan fingerprint density at radius 1 is 1.12 bits per heavy atom. The van der Waals surface area contributed by atoms with Gasteiger partial charge in [0.1, 0.15) is 0 Å². The third-order valence-corrected chi connectivity index (χ3v) is 6.47. The Morgan fingerprint density at radius 2 is 1.94 bits per heavy atom. The van der Waals surface area contributed by atoms with E-state index in [1.807, 2.05) is 67.4 Å².